The number of hydrogen-bond donors (Lipinski definition) is 0. The predicted octanol–water partition coefficient (Wildman–Crippen LogP) is 13.1. The molecule has 0 fully saturated rings. The molecule has 3 aromatic heterocycles. The summed E-state index contributed by atoms with van der Waals surface area (Å²) in [5.74, 6) is 0. The molecule has 5 nitrogen and oxygen atoms in total. The highest BCUT2D eigenvalue weighted by Crippen LogP contribution is 2.42. The zero-order chi connectivity index (χ0) is 36.6. The monoisotopic (exact) mass is 699 g/mol. The van der Waals surface area contributed by atoms with Gasteiger partial charge in [-0.3, -0.25) is 0 Å². The van der Waals surface area contributed by atoms with E-state index in [-0.39, 0.29) is 0 Å². The van der Waals surface area contributed by atoms with Crippen molar-refractivity contribution in [3.8, 4) is 34.3 Å². The van der Waals surface area contributed by atoms with Crippen molar-refractivity contribution < 1.29 is 0 Å². The van der Waals surface area contributed by atoms with Crippen molar-refractivity contribution in [2.45, 2.75) is 0 Å². The Kier molecular flexibility index (Phi) is 6.61. The van der Waals surface area contributed by atoms with Crippen molar-refractivity contribution in [2.24, 2.45) is 0 Å². The fourth-order valence-corrected chi connectivity index (χ4v) is 8.74. The molecule has 254 valence electrons. The van der Waals surface area contributed by atoms with Crippen LogP contribution >= 0.6 is 0 Å². The van der Waals surface area contributed by atoms with Crippen LogP contribution in [-0.2, 0) is 0 Å². The van der Waals surface area contributed by atoms with Crippen molar-refractivity contribution in [3.63, 3.8) is 0 Å². The Morgan fingerprint density at radius 2 is 0.891 bits per heavy atom. The Morgan fingerprint density at radius 1 is 0.418 bits per heavy atom. The quantitative estimate of drug-likeness (QED) is 0.169. The highest BCUT2D eigenvalue weighted by Gasteiger charge is 2.20. The highest BCUT2D eigenvalue weighted by molar-refractivity contribution is 6.13. The summed E-state index contributed by atoms with van der Waals surface area (Å²) >= 11 is 0. The fraction of sp³-hybridized carbons (Fsp3) is 0. The summed E-state index contributed by atoms with van der Waals surface area (Å²) in [4.78, 5) is 4.03. The van der Waals surface area contributed by atoms with Crippen LogP contribution in [0.1, 0.15) is 5.56 Å². The first-order valence-electron chi connectivity index (χ1n) is 18.3. The van der Waals surface area contributed by atoms with Gasteiger partial charge in [-0.1, -0.05) is 103 Å². The van der Waals surface area contributed by atoms with Crippen LogP contribution in [0, 0.1) is 17.9 Å². The third-order valence-electron chi connectivity index (χ3n) is 11.1. The highest BCUT2D eigenvalue weighted by atomic mass is 15.0. The van der Waals surface area contributed by atoms with Gasteiger partial charge in [-0.05, 0) is 83.9 Å². The number of fused-ring (bicyclic) bond motifs is 9. The van der Waals surface area contributed by atoms with Crippen LogP contribution in [0.15, 0.2) is 176 Å². The molecule has 0 spiro atoms. The number of nitrogens with zero attached hydrogens (tertiary/aromatic N) is 5. The first-order valence-corrected chi connectivity index (χ1v) is 18.3. The smallest absolute Gasteiger partial charge is 0.211 e. The normalized spacial score (nSPS) is 11.6. The SMILES string of the molecule is [C-]#[N+]c1cccc(-c2ccc(-n3c4ccc(C#N)cc4c4cc(-n5c6ccccc6c6ccccc65)ccc43)cc2)c1-n1c2ccccc2c2ccccc21. The van der Waals surface area contributed by atoms with E-state index in [1.165, 1.54) is 10.8 Å². The second-order valence-electron chi connectivity index (χ2n) is 14.0. The number of rotatable bonds is 4. The second kappa shape index (κ2) is 11.8. The van der Waals surface area contributed by atoms with E-state index in [1.807, 2.05) is 24.3 Å². The van der Waals surface area contributed by atoms with Crippen molar-refractivity contribution >= 4 is 71.1 Å². The van der Waals surface area contributed by atoms with Crippen molar-refractivity contribution in [3.05, 3.63) is 193 Å². The van der Waals surface area contributed by atoms with Gasteiger partial charge >= 0.3 is 0 Å². The molecule has 0 amide bonds. The maximum absolute atomic E-state index is 9.94. The van der Waals surface area contributed by atoms with Crippen LogP contribution in [-0.4, -0.2) is 13.7 Å². The van der Waals surface area contributed by atoms with Gasteiger partial charge in [0.05, 0.1) is 57.0 Å². The van der Waals surface area contributed by atoms with Crippen LogP contribution in [0.2, 0.25) is 0 Å². The lowest BCUT2D eigenvalue weighted by molar-refractivity contribution is 1.16. The summed E-state index contributed by atoms with van der Waals surface area (Å²) in [5, 5.41) is 16.8. The molecule has 0 aliphatic rings. The average molecular weight is 700 g/mol. The standard InChI is InChI=1S/C50H29N5/c1-52-43-16-10-15-36(50(43)55-46-19-8-4-13-39(46)40-14-5-9-20-47(40)55)33-22-24-34(25-23-33)53-48-27-21-32(31-51)29-41(48)42-30-35(26-28-49(42)53)54-44-17-6-2-11-37(44)38-12-3-7-18-45(38)54/h2-30H. The van der Waals surface area contributed by atoms with Gasteiger partial charge in [0.1, 0.15) is 0 Å². The molecule has 0 N–H and O–H groups in total. The molecule has 8 aromatic carbocycles. The number of para-hydroxylation sites is 5. The third-order valence-corrected chi connectivity index (χ3v) is 11.1. The van der Waals surface area contributed by atoms with Crippen LogP contribution in [0.25, 0.3) is 98.5 Å². The molecule has 5 heteroatoms. The molecule has 11 aromatic rings. The summed E-state index contributed by atoms with van der Waals surface area (Å²) in [6.07, 6.45) is 0. The van der Waals surface area contributed by atoms with E-state index in [4.69, 9.17) is 6.57 Å². The van der Waals surface area contributed by atoms with E-state index < -0.39 is 0 Å². The Labute approximate surface area is 316 Å². The van der Waals surface area contributed by atoms with Crippen LogP contribution in [0.5, 0.6) is 0 Å². The lowest BCUT2D eigenvalue weighted by atomic mass is 10.0. The minimum atomic E-state index is 0.600. The van der Waals surface area contributed by atoms with Crippen molar-refractivity contribution in [2.75, 3.05) is 0 Å². The Bertz CT molecular complexity index is 3350. The second-order valence-corrected chi connectivity index (χ2v) is 14.0. The molecule has 0 unspecified atom stereocenters. The molecule has 0 atom stereocenters. The summed E-state index contributed by atoms with van der Waals surface area (Å²) in [6.45, 7) is 8.20. The average Bonchev–Trinajstić information content (AvgIpc) is 3.88. The first-order chi connectivity index (χ1) is 27.2. The lowest BCUT2D eigenvalue weighted by Crippen LogP contribution is -1.98. The Morgan fingerprint density at radius 3 is 1.45 bits per heavy atom. The topological polar surface area (TPSA) is 42.9 Å². The zero-order valence-corrected chi connectivity index (χ0v) is 29.5. The van der Waals surface area contributed by atoms with Gasteiger partial charge in [0, 0.05) is 43.7 Å². The van der Waals surface area contributed by atoms with E-state index >= 15 is 0 Å². The number of nitriles is 1. The summed E-state index contributed by atoms with van der Waals surface area (Å²) in [6, 6.07) is 63.5. The summed E-state index contributed by atoms with van der Waals surface area (Å²) < 4.78 is 6.87. The third kappa shape index (κ3) is 4.45. The largest absolute Gasteiger partial charge is 0.318 e. The van der Waals surface area contributed by atoms with Crippen LogP contribution in [0.4, 0.5) is 5.69 Å². The van der Waals surface area contributed by atoms with Gasteiger partial charge in [-0.2, -0.15) is 5.26 Å². The van der Waals surface area contributed by atoms with Gasteiger partial charge < -0.3 is 13.7 Å². The maximum Gasteiger partial charge on any atom is 0.211 e. The molecular weight excluding hydrogens is 671 g/mol. The minimum Gasteiger partial charge on any atom is -0.318 e. The summed E-state index contributed by atoms with van der Waals surface area (Å²) in [7, 11) is 0. The van der Waals surface area contributed by atoms with E-state index in [9.17, 15) is 5.26 Å². The molecule has 3 heterocycles. The molecule has 0 saturated carbocycles. The molecule has 0 bridgehead atoms. The fourth-order valence-electron chi connectivity index (χ4n) is 8.74. The van der Waals surface area contributed by atoms with E-state index in [1.54, 1.807) is 0 Å². The van der Waals surface area contributed by atoms with E-state index in [2.05, 4.69) is 176 Å². The first kappa shape index (κ1) is 30.7. The van der Waals surface area contributed by atoms with E-state index in [0.717, 1.165) is 82.8 Å². The van der Waals surface area contributed by atoms with Gasteiger partial charge in [0.25, 0.3) is 0 Å². The van der Waals surface area contributed by atoms with Gasteiger partial charge in [-0.25, -0.2) is 4.85 Å². The molecule has 55 heavy (non-hydrogen) atoms. The van der Waals surface area contributed by atoms with Crippen LogP contribution < -0.4 is 0 Å². The number of benzene rings is 8. The maximum atomic E-state index is 9.94. The van der Waals surface area contributed by atoms with Crippen molar-refractivity contribution in [1.82, 2.24) is 13.7 Å². The van der Waals surface area contributed by atoms with E-state index in [0.29, 0.717) is 11.3 Å². The molecule has 0 aliphatic heterocycles. The molecular formula is C50H29N5. The molecule has 0 saturated heterocycles. The van der Waals surface area contributed by atoms with Gasteiger partial charge in [0.15, 0.2) is 0 Å². The number of hydrogen-bond acceptors (Lipinski definition) is 1. The van der Waals surface area contributed by atoms with Gasteiger partial charge in [0.2, 0.25) is 5.69 Å². The zero-order valence-electron chi connectivity index (χ0n) is 29.5. The predicted molar refractivity (Wildman–Crippen MR) is 226 cm³/mol. The van der Waals surface area contributed by atoms with Gasteiger partial charge in [-0.15, -0.1) is 0 Å². The molecule has 11 rings (SSSR count). The van der Waals surface area contributed by atoms with Crippen LogP contribution in [0.3, 0.4) is 0 Å². The lowest BCUT2D eigenvalue weighted by Gasteiger charge is -2.17. The molecule has 0 radical (unpaired) electrons. The number of aromatic nitrogens is 3. The Hall–Kier alpha value is -7.86. The Balaban J connectivity index is 1.10. The summed E-state index contributed by atoms with van der Waals surface area (Å²) in [5.41, 5.74) is 12.7. The van der Waals surface area contributed by atoms with Crippen molar-refractivity contribution in [1.29, 1.82) is 5.26 Å². The molecule has 0 aliphatic carbocycles. The minimum absolute atomic E-state index is 0.600.